The van der Waals surface area contributed by atoms with Crippen LogP contribution in [0.3, 0.4) is 0 Å². The Bertz CT molecular complexity index is 505. The zero-order chi connectivity index (χ0) is 13.3. The van der Waals surface area contributed by atoms with Gasteiger partial charge in [0.1, 0.15) is 0 Å². The molecule has 2 aliphatic rings. The summed E-state index contributed by atoms with van der Waals surface area (Å²) in [6.07, 6.45) is 1.31. The standard InChI is InChI=1S/C14H17N3O2/c15-13-16-12(18)14(19-13)6-8-17(9-7-14)10-11-4-2-1-3-5-11/h1-5H,6-10H2,(H2,15,16,18). The summed E-state index contributed by atoms with van der Waals surface area (Å²) >= 11 is 0. The van der Waals surface area contributed by atoms with Crippen LogP contribution in [0.4, 0.5) is 0 Å². The molecular weight excluding hydrogens is 242 g/mol. The average Bonchev–Trinajstić information content (AvgIpc) is 2.68. The number of carbonyl (C=O) groups is 1. The second-order valence-corrected chi connectivity index (χ2v) is 5.11. The lowest BCUT2D eigenvalue weighted by atomic mass is 9.90. The van der Waals surface area contributed by atoms with Gasteiger partial charge in [0.05, 0.1) is 0 Å². The maximum Gasteiger partial charge on any atom is 0.294 e. The highest BCUT2D eigenvalue weighted by Crippen LogP contribution is 2.31. The van der Waals surface area contributed by atoms with Crippen molar-refractivity contribution >= 4 is 11.9 Å². The monoisotopic (exact) mass is 259 g/mol. The predicted octanol–water partition coefficient (Wildman–Crippen LogP) is 0.893. The summed E-state index contributed by atoms with van der Waals surface area (Å²) in [6, 6.07) is 10.3. The van der Waals surface area contributed by atoms with Crippen molar-refractivity contribution in [3.8, 4) is 0 Å². The first-order chi connectivity index (χ1) is 9.18. The summed E-state index contributed by atoms with van der Waals surface area (Å²) < 4.78 is 5.45. The van der Waals surface area contributed by atoms with Crippen LogP contribution < -0.4 is 5.73 Å². The first-order valence-electron chi connectivity index (χ1n) is 6.52. The number of benzene rings is 1. The molecule has 2 N–H and O–H groups in total. The number of nitrogens with two attached hydrogens (primary N) is 1. The highest BCUT2D eigenvalue weighted by Gasteiger charge is 2.47. The van der Waals surface area contributed by atoms with Crippen LogP contribution in [0.5, 0.6) is 0 Å². The van der Waals surface area contributed by atoms with E-state index in [1.165, 1.54) is 5.56 Å². The van der Waals surface area contributed by atoms with Gasteiger partial charge in [0.2, 0.25) is 0 Å². The summed E-state index contributed by atoms with van der Waals surface area (Å²) in [5.41, 5.74) is 5.99. The van der Waals surface area contributed by atoms with Crippen LogP contribution in [0.25, 0.3) is 0 Å². The fraction of sp³-hybridized carbons (Fsp3) is 0.429. The molecule has 1 aromatic rings. The van der Waals surface area contributed by atoms with Gasteiger partial charge in [-0.1, -0.05) is 30.3 Å². The van der Waals surface area contributed by atoms with E-state index in [1.54, 1.807) is 0 Å². The van der Waals surface area contributed by atoms with Gasteiger partial charge in [-0.2, -0.15) is 4.99 Å². The third-order valence-corrected chi connectivity index (χ3v) is 3.81. The molecule has 0 saturated carbocycles. The van der Waals surface area contributed by atoms with E-state index in [0.717, 1.165) is 19.6 Å². The number of aliphatic imine (C=N–C) groups is 1. The molecule has 2 aliphatic heterocycles. The molecule has 100 valence electrons. The summed E-state index contributed by atoms with van der Waals surface area (Å²) in [4.78, 5) is 17.8. The molecule has 1 fully saturated rings. The topological polar surface area (TPSA) is 67.9 Å². The number of hydrogen-bond donors (Lipinski definition) is 1. The Balaban J connectivity index is 1.60. The summed E-state index contributed by atoms with van der Waals surface area (Å²) in [5, 5.41) is 0. The number of carbonyl (C=O) groups excluding carboxylic acids is 1. The fourth-order valence-electron chi connectivity index (χ4n) is 2.70. The van der Waals surface area contributed by atoms with Crippen LogP contribution in [0, 0.1) is 0 Å². The molecule has 0 bridgehead atoms. The number of amidine groups is 1. The number of likely N-dealkylation sites (tertiary alicyclic amines) is 1. The van der Waals surface area contributed by atoms with Crippen LogP contribution in [0.15, 0.2) is 35.3 Å². The summed E-state index contributed by atoms with van der Waals surface area (Å²) in [7, 11) is 0. The van der Waals surface area contributed by atoms with Crippen molar-refractivity contribution in [2.75, 3.05) is 13.1 Å². The van der Waals surface area contributed by atoms with Crippen molar-refractivity contribution < 1.29 is 9.53 Å². The molecule has 0 atom stereocenters. The van der Waals surface area contributed by atoms with Gasteiger partial charge < -0.3 is 10.5 Å². The molecule has 0 aromatic heterocycles. The van der Waals surface area contributed by atoms with Crippen molar-refractivity contribution in [1.29, 1.82) is 0 Å². The van der Waals surface area contributed by atoms with Gasteiger partial charge in [-0.3, -0.25) is 9.69 Å². The van der Waals surface area contributed by atoms with Gasteiger partial charge in [-0.25, -0.2) is 0 Å². The highest BCUT2D eigenvalue weighted by molar-refractivity contribution is 6.00. The molecule has 1 amide bonds. The van der Waals surface area contributed by atoms with Gasteiger partial charge in [-0.05, 0) is 5.56 Å². The molecule has 0 unspecified atom stereocenters. The zero-order valence-corrected chi connectivity index (χ0v) is 10.7. The van der Waals surface area contributed by atoms with E-state index in [4.69, 9.17) is 10.5 Å². The first-order valence-corrected chi connectivity index (χ1v) is 6.52. The molecule has 19 heavy (non-hydrogen) atoms. The van der Waals surface area contributed by atoms with E-state index in [9.17, 15) is 4.79 Å². The Hall–Kier alpha value is -1.88. The zero-order valence-electron chi connectivity index (χ0n) is 10.7. The molecule has 2 heterocycles. The molecule has 0 aliphatic carbocycles. The third kappa shape index (κ3) is 2.33. The van der Waals surface area contributed by atoms with Gasteiger partial charge >= 0.3 is 0 Å². The first kappa shape index (κ1) is 12.2. The summed E-state index contributed by atoms with van der Waals surface area (Å²) in [6.45, 7) is 2.55. The lowest BCUT2D eigenvalue weighted by Crippen LogP contribution is -2.48. The van der Waals surface area contributed by atoms with Gasteiger partial charge in [0.15, 0.2) is 5.60 Å². The van der Waals surface area contributed by atoms with E-state index in [2.05, 4.69) is 22.0 Å². The van der Waals surface area contributed by atoms with E-state index in [1.807, 2.05) is 18.2 Å². The van der Waals surface area contributed by atoms with E-state index >= 15 is 0 Å². The fourth-order valence-corrected chi connectivity index (χ4v) is 2.70. The quantitative estimate of drug-likeness (QED) is 0.856. The van der Waals surface area contributed by atoms with Crippen LogP contribution in [0.1, 0.15) is 18.4 Å². The highest BCUT2D eigenvalue weighted by atomic mass is 16.5. The Morgan fingerprint density at radius 1 is 1.26 bits per heavy atom. The lowest BCUT2D eigenvalue weighted by molar-refractivity contribution is -0.134. The molecule has 1 saturated heterocycles. The minimum atomic E-state index is -0.780. The molecule has 5 nitrogen and oxygen atoms in total. The maximum absolute atomic E-state index is 11.8. The average molecular weight is 259 g/mol. The molecule has 1 spiro atoms. The molecule has 5 heteroatoms. The number of hydrogen-bond acceptors (Lipinski definition) is 4. The predicted molar refractivity (Wildman–Crippen MR) is 71.4 cm³/mol. The normalized spacial score (nSPS) is 22.3. The number of nitrogens with zero attached hydrogens (tertiary/aromatic N) is 2. The minimum Gasteiger partial charge on any atom is -0.448 e. The Morgan fingerprint density at radius 2 is 1.95 bits per heavy atom. The molecule has 1 aromatic carbocycles. The molecule has 0 radical (unpaired) electrons. The smallest absolute Gasteiger partial charge is 0.294 e. The van der Waals surface area contributed by atoms with E-state index < -0.39 is 5.60 Å². The third-order valence-electron chi connectivity index (χ3n) is 3.81. The van der Waals surface area contributed by atoms with Crippen molar-refractivity contribution in [2.24, 2.45) is 10.7 Å². The molecule has 3 rings (SSSR count). The van der Waals surface area contributed by atoms with Gasteiger partial charge in [0, 0.05) is 32.5 Å². The van der Waals surface area contributed by atoms with Crippen molar-refractivity contribution in [3.63, 3.8) is 0 Å². The lowest BCUT2D eigenvalue weighted by Gasteiger charge is -2.36. The van der Waals surface area contributed by atoms with Crippen molar-refractivity contribution in [2.45, 2.75) is 25.0 Å². The van der Waals surface area contributed by atoms with E-state index in [-0.39, 0.29) is 11.9 Å². The summed E-state index contributed by atoms with van der Waals surface area (Å²) in [5.74, 6) is -0.218. The number of amides is 1. The Kier molecular flexibility index (Phi) is 2.98. The van der Waals surface area contributed by atoms with Crippen molar-refractivity contribution in [3.05, 3.63) is 35.9 Å². The van der Waals surface area contributed by atoms with Crippen LogP contribution >= 0.6 is 0 Å². The van der Waals surface area contributed by atoms with E-state index in [0.29, 0.717) is 12.8 Å². The molecular formula is C14H17N3O2. The maximum atomic E-state index is 11.8. The second kappa shape index (κ2) is 4.66. The van der Waals surface area contributed by atoms with Crippen LogP contribution in [0.2, 0.25) is 0 Å². The Morgan fingerprint density at radius 3 is 2.53 bits per heavy atom. The second-order valence-electron chi connectivity index (χ2n) is 5.11. The van der Waals surface area contributed by atoms with Crippen LogP contribution in [-0.4, -0.2) is 35.5 Å². The largest absolute Gasteiger partial charge is 0.448 e. The Labute approximate surface area is 112 Å². The number of ether oxygens (including phenoxy) is 1. The van der Waals surface area contributed by atoms with Crippen LogP contribution in [-0.2, 0) is 16.1 Å². The number of piperidine rings is 1. The SMILES string of the molecule is NC1=NC(=O)C2(CCN(Cc3ccccc3)CC2)O1. The minimum absolute atomic E-state index is 0.0153. The van der Waals surface area contributed by atoms with Gasteiger partial charge in [0.25, 0.3) is 11.9 Å². The van der Waals surface area contributed by atoms with Gasteiger partial charge in [-0.15, -0.1) is 0 Å². The number of rotatable bonds is 2. The van der Waals surface area contributed by atoms with Crippen molar-refractivity contribution in [1.82, 2.24) is 4.90 Å².